The van der Waals surface area contributed by atoms with Crippen LogP contribution >= 0.6 is 11.6 Å². The number of nitrogens with zero attached hydrogens (tertiary/aromatic N) is 2. The van der Waals surface area contributed by atoms with E-state index in [9.17, 15) is 0 Å². The second-order valence-corrected chi connectivity index (χ2v) is 4.85. The van der Waals surface area contributed by atoms with Crippen molar-refractivity contribution in [3.63, 3.8) is 0 Å². The Morgan fingerprint density at radius 3 is 2.85 bits per heavy atom. The van der Waals surface area contributed by atoms with Gasteiger partial charge in [0.15, 0.2) is 6.61 Å². The summed E-state index contributed by atoms with van der Waals surface area (Å²) in [7, 11) is 0. The quantitative estimate of drug-likeness (QED) is 0.795. The van der Waals surface area contributed by atoms with E-state index in [1.165, 1.54) is 0 Å². The predicted molar refractivity (Wildman–Crippen MR) is 76.8 cm³/mol. The van der Waals surface area contributed by atoms with E-state index < -0.39 is 0 Å². The molecule has 20 heavy (non-hydrogen) atoms. The molecule has 0 aliphatic rings. The summed E-state index contributed by atoms with van der Waals surface area (Å²) in [5, 5.41) is 11.5. The van der Waals surface area contributed by atoms with Crippen molar-refractivity contribution in [3.05, 3.63) is 40.6 Å². The largest absolute Gasteiger partial charge is 0.482 e. The van der Waals surface area contributed by atoms with Gasteiger partial charge in [-0.2, -0.15) is 0 Å². The Morgan fingerprint density at radius 2 is 2.20 bits per heavy atom. The Bertz CT molecular complexity index is 557. The third kappa shape index (κ3) is 4.21. The van der Waals surface area contributed by atoms with Crippen molar-refractivity contribution in [1.29, 1.82) is 0 Å². The summed E-state index contributed by atoms with van der Waals surface area (Å²) < 4.78 is 10.8. The molecule has 1 heterocycles. The van der Waals surface area contributed by atoms with Gasteiger partial charge in [0.25, 0.3) is 5.89 Å². The monoisotopic (exact) mass is 295 g/mol. The summed E-state index contributed by atoms with van der Waals surface area (Å²) in [5.41, 5.74) is 1.13. The zero-order valence-corrected chi connectivity index (χ0v) is 12.4. The molecule has 1 N–H and O–H groups in total. The lowest BCUT2D eigenvalue weighted by molar-refractivity contribution is 0.260. The van der Waals surface area contributed by atoms with Gasteiger partial charge < -0.3 is 14.5 Å². The summed E-state index contributed by atoms with van der Waals surface area (Å²) in [6.07, 6.45) is 1.11. The van der Waals surface area contributed by atoms with Crippen molar-refractivity contribution in [2.45, 2.75) is 33.4 Å². The number of aryl methyl sites for hydroxylation is 1. The van der Waals surface area contributed by atoms with Crippen LogP contribution in [0.1, 0.15) is 30.7 Å². The highest BCUT2D eigenvalue weighted by molar-refractivity contribution is 6.32. The van der Waals surface area contributed by atoms with E-state index in [0.717, 1.165) is 25.1 Å². The first kappa shape index (κ1) is 14.8. The third-order valence-electron chi connectivity index (χ3n) is 2.67. The lowest BCUT2D eigenvalue weighted by Gasteiger charge is -2.08. The maximum absolute atomic E-state index is 6.19. The first-order valence-corrected chi connectivity index (χ1v) is 6.97. The van der Waals surface area contributed by atoms with Gasteiger partial charge in [-0.3, -0.25) is 0 Å². The molecule has 0 unspecified atom stereocenters. The molecule has 0 spiro atoms. The molecule has 5 nitrogen and oxygen atoms in total. The number of hydrogen-bond donors (Lipinski definition) is 1. The summed E-state index contributed by atoms with van der Waals surface area (Å²) in [6.45, 7) is 5.88. The van der Waals surface area contributed by atoms with Gasteiger partial charge in [-0.25, -0.2) is 0 Å². The van der Waals surface area contributed by atoms with Gasteiger partial charge in [0.2, 0.25) is 5.89 Å². The van der Waals surface area contributed by atoms with Gasteiger partial charge in [-0.15, -0.1) is 10.2 Å². The summed E-state index contributed by atoms with van der Waals surface area (Å²) in [4.78, 5) is 0. The van der Waals surface area contributed by atoms with E-state index in [2.05, 4.69) is 22.4 Å². The lowest BCUT2D eigenvalue weighted by Crippen LogP contribution is -2.13. The normalized spacial score (nSPS) is 10.8. The van der Waals surface area contributed by atoms with Crippen molar-refractivity contribution >= 4 is 11.6 Å². The topological polar surface area (TPSA) is 60.2 Å². The maximum atomic E-state index is 6.19. The Hall–Kier alpha value is -1.59. The Morgan fingerprint density at radius 1 is 1.35 bits per heavy atom. The highest BCUT2D eigenvalue weighted by Crippen LogP contribution is 2.26. The van der Waals surface area contributed by atoms with Crippen LogP contribution in [0.25, 0.3) is 0 Å². The zero-order valence-electron chi connectivity index (χ0n) is 11.6. The van der Waals surface area contributed by atoms with Crippen molar-refractivity contribution in [2.75, 3.05) is 6.54 Å². The van der Waals surface area contributed by atoms with Gasteiger partial charge in [-0.05, 0) is 30.7 Å². The fraction of sp³-hybridized carbons (Fsp3) is 0.429. The number of hydrogen-bond acceptors (Lipinski definition) is 5. The molecular formula is C14H18ClN3O2. The second-order valence-electron chi connectivity index (χ2n) is 4.45. The Kier molecular flexibility index (Phi) is 5.38. The van der Waals surface area contributed by atoms with Gasteiger partial charge in [0.1, 0.15) is 5.75 Å². The maximum Gasteiger partial charge on any atom is 0.253 e. The molecule has 108 valence electrons. The van der Waals surface area contributed by atoms with Crippen LogP contribution in [0.3, 0.4) is 0 Å². The third-order valence-corrected chi connectivity index (χ3v) is 2.97. The zero-order chi connectivity index (χ0) is 14.4. The van der Waals surface area contributed by atoms with E-state index in [0.29, 0.717) is 22.6 Å². The SMILES string of the molecule is CCCNCc1ccc(OCc2nnc(C)o2)c(Cl)c1. The van der Waals surface area contributed by atoms with Crippen molar-refractivity contribution in [2.24, 2.45) is 0 Å². The number of halogens is 1. The average Bonchev–Trinajstić information content (AvgIpc) is 2.84. The first-order valence-electron chi connectivity index (χ1n) is 6.60. The minimum Gasteiger partial charge on any atom is -0.482 e. The van der Waals surface area contributed by atoms with E-state index in [1.54, 1.807) is 6.92 Å². The van der Waals surface area contributed by atoms with Gasteiger partial charge in [0, 0.05) is 13.5 Å². The number of ether oxygens (including phenoxy) is 1. The second kappa shape index (κ2) is 7.26. The molecule has 0 atom stereocenters. The molecule has 0 amide bonds. The van der Waals surface area contributed by atoms with Gasteiger partial charge in [0.05, 0.1) is 5.02 Å². The lowest BCUT2D eigenvalue weighted by atomic mass is 10.2. The standard InChI is InChI=1S/C14H18ClN3O2/c1-3-6-16-8-11-4-5-13(12(15)7-11)19-9-14-18-17-10(2)20-14/h4-5,7,16H,3,6,8-9H2,1-2H3. The first-order chi connectivity index (χ1) is 9.69. The molecule has 0 saturated heterocycles. The molecule has 6 heteroatoms. The molecule has 1 aromatic heterocycles. The molecule has 0 fully saturated rings. The number of rotatable bonds is 7. The number of benzene rings is 1. The fourth-order valence-electron chi connectivity index (χ4n) is 1.72. The Balaban J connectivity index is 1.92. The minimum absolute atomic E-state index is 0.216. The molecule has 0 saturated carbocycles. The average molecular weight is 296 g/mol. The highest BCUT2D eigenvalue weighted by Gasteiger charge is 2.07. The minimum atomic E-state index is 0.216. The molecule has 0 bridgehead atoms. The highest BCUT2D eigenvalue weighted by atomic mass is 35.5. The summed E-state index contributed by atoms with van der Waals surface area (Å²) >= 11 is 6.19. The van der Waals surface area contributed by atoms with Crippen LogP contribution in [0, 0.1) is 6.92 Å². The van der Waals surface area contributed by atoms with Crippen LogP contribution in [0.4, 0.5) is 0 Å². The van der Waals surface area contributed by atoms with Gasteiger partial charge >= 0.3 is 0 Å². The predicted octanol–water partition coefficient (Wildman–Crippen LogP) is 3.11. The summed E-state index contributed by atoms with van der Waals surface area (Å²) in [5.74, 6) is 1.57. The summed E-state index contributed by atoms with van der Waals surface area (Å²) in [6, 6.07) is 5.75. The molecule has 1 aromatic carbocycles. The molecule has 0 aliphatic heterocycles. The van der Waals surface area contributed by atoms with Crippen LogP contribution in [-0.4, -0.2) is 16.7 Å². The van der Waals surface area contributed by atoms with Crippen molar-refractivity contribution in [1.82, 2.24) is 15.5 Å². The van der Waals surface area contributed by atoms with E-state index in [1.807, 2.05) is 18.2 Å². The van der Waals surface area contributed by atoms with E-state index in [-0.39, 0.29) is 6.61 Å². The van der Waals surface area contributed by atoms with Crippen molar-refractivity contribution in [3.8, 4) is 5.75 Å². The fourth-order valence-corrected chi connectivity index (χ4v) is 1.97. The molecule has 2 aromatic rings. The molecule has 0 radical (unpaired) electrons. The molecular weight excluding hydrogens is 278 g/mol. The van der Waals surface area contributed by atoms with E-state index in [4.69, 9.17) is 20.8 Å². The Labute approximate surface area is 123 Å². The van der Waals surface area contributed by atoms with Gasteiger partial charge in [-0.1, -0.05) is 24.6 Å². The molecule has 0 aliphatic carbocycles. The van der Waals surface area contributed by atoms with Crippen LogP contribution < -0.4 is 10.1 Å². The number of aromatic nitrogens is 2. The number of nitrogens with one attached hydrogen (secondary N) is 1. The van der Waals surface area contributed by atoms with Crippen LogP contribution in [0.2, 0.25) is 5.02 Å². The van der Waals surface area contributed by atoms with Crippen LogP contribution in [0.15, 0.2) is 22.6 Å². The van der Waals surface area contributed by atoms with E-state index >= 15 is 0 Å². The smallest absolute Gasteiger partial charge is 0.253 e. The molecule has 2 rings (SSSR count). The van der Waals surface area contributed by atoms with Crippen LogP contribution in [-0.2, 0) is 13.2 Å². The van der Waals surface area contributed by atoms with Crippen molar-refractivity contribution < 1.29 is 9.15 Å². The van der Waals surface area contributed by atoms with Crippen LogP contribution in [0.5, 0.6) is 5.75 Å².